The van der Waals surface area contributed by atoms with E-state index >= 15 is 0 Å². The summed E-state index contributed by atoms with van der Waals surface area (Å²) in [5.41, 5.74) is 5.55. The van der Waals surface area contributed by atoms with Crippen molar-refractivity contribution in [3.63, 3.8) is 0 Å². The molecule has 0 unspecified atom stereocenters. The van der Waals surface area contributed by atoms with Crippen molar-refractivity contribution in [3.8, 4) is 5.75 Å². The number of anilines is 1. The maximum atomic E-state index is 10.6. The fraction of sp³-hybridized carbons (Fsp3) is 0. The first-order chi connectivity index (χ1) is 6.31. The average Bonchev–Trinajstić information content (AvgIpc) is 2.04. The standard InChI is InChI=1S/C6H6Cl2N2O3S/c7-3-1-2-4(9)5(8)6(3)13-14(10,11)12/h1-2H,9H2,(H2,10,11,12). The molecular weight excluding hydrogens is 251 g/mol. The van der Waals surface area contributed by atoms with Crippen LogP contribution in [0.2, 0.25) is 10.0 Å². The second-order valence-electron chi connectivity index (χ2n) is 2.36. The Balaban J connectivity index is 3.27. The fourth-order valence-corrected chi connectivity index (χ4v) is 1.68. The lowest BCUT2D eigenvalue weighted by molar-refractivity contribution is 0.488. The van der Waals surface area contributed by atoms with E-state index in [1.807, 2.05) is 0 Å². The van der Waals surface area contributed by atoms with E-state index in [0.717, 1.165) is 0 Å². The minimum atomic E-state index is -4.16. The molecule has 0 aliphatic heterocycles. The Hall–Kier alpha value is -0.690. The molecule has 0 radical (unpaired) electrons. The van der Waals surface area contributed by atoms with Crippen molar-refractivity contribution in [2.24, 2.45) is 5.14 Å². The number of hydrogen-bond donors (Lipinski definition) is 2. The van der Waals surface area contributed by atoms with Gasteiger partial charge in [-0.15, -0.1) is 0 Å². The van der Waals surface area contributed by atoms with Gasteiger partial charge < -0.3 is 9.92 Å². The van der Waals surface area contributed by atoms with Crippen molar-refractivity contribution in [1.82, 2.24) is 0 Å². The van der Waals surface area contributed by atoms with Gasteiger partial charge in [0.25, 0.3) is 0 Å². The normalized spacial score (nSPS) is 11.4. The smallest absolute Gasteiger partial charge is 0.380 e. The fourth-order valence-electron chi connectivity index (χ4n) is 0.740. The van der Waals surface area contributed by atoms with Gasteiger partial charge in [0, 0.05) is 0 Å². The van der Waals surface area contributed by atoms with Crippen molar-refractivity contribution in [2.45, 2.75) is 0 Å². The molecule has 0 amide bonds. The molecule has 4 N–H and O–H groups in total. The van der Waals surface area contributed by atoms with Crippen molar-refractivity contribution >= 4 is 39.2 Å². The van der Waals surface area contributed by atoms with E-state index in [2.05, 4.69) is 9.32 Å². The third-order valence-corrected chi connectivity index (χ3v) is 2.36. The highest BCUT2D eigenvalue weighted by molar-refractivity contribution is 7.84. The van der Waals surface area contributed by atoms with Gasteiger partial charge in [0.15, 0.2) is 5.75 Å². The van der Waals surface area contributed by atoms with E-state index in [9.17, 15) is 8.42 Å². The van der Waals surface area contributed by atoms with Crippen molar-refractivity contribution in [1.29, 1.82) is 0 Å². The molecule has 0 fully saturated rings. The zero-order valence-corrected chi connectivity index (χ0v) is 9.03. The predicted octanol–water partition coefficient (Wildman–Crippen LogP) is 1.16. The third-order valence-electron chi connectivity index (χ3n) is 1.28. The first-order valence-corrected chi connectivity index (χ1v) is 5.49. The number of rotatable bonds is 2. The SMILES string of the molecule is Nc1ccc(Cl)c(OS(N)(=O)=O)c1Cl. The molecule has 1 aromatic carbocycles. The van der Waals surface area contributed by atoms with Gasteiger partial charge in [0.05, 0.1) is 10.7 Å². The molecule has 5 nitrogen and oxygen atoms in total. The van der Waals surface area contributed by atoms with Crippen LogP contribution >= 0.6 is 23.2 Å². The zero-order chi connectivity index (χ0) is 10.9. The van der Waals surface area contributed by atoms with Gasteiger partial charge in [0.1, 0.15) is 5.02 Å². The van der Waals surface area contributed by atoms with Gasteiger partial charge in [-0.25, -0.2) is 0 Å². The second kappa shape index (κ2) is 3.82. The first-order valence-electron chi connectivity index (χ1n) is 3.27. The summed E-state index contributed by atoms with van der Waals surface area (Å²) >= 11 is 11.3. The van der Waals surface area contributed by atoms with Gasteiger partial charge in [0.2, 0.25) is 0 Å². The van der Waals surface area contributed by atoms with Gasteiger partial charge in [-0.05, 0) is 12.1 Å². The lowest BCUT2D eigenvalue weighted by Crippen LogP contribution is -2.19. The van der Waals surface area contributed by atoms with E-state index in [1.54, 1.807) is 0 Å². The summed E-state index contributed by atoms with van der Waals surface area (Å²) < 4.78 is 25.6. The Morgan fingerprint density at radius 3 is 2.36 bits per heavy atom. The number of nitrogens with two attached hydrogens (primary N) is 2. The van der Waals surface area contributed by atoms with Crippen molar-refractivity contribution in [2.75, 3.05) is 5.73 Å². The van der Waals surface area contributed by atoms with Gasteiger partial charge >= 0.3 is 10.3 Å². The molecule has 0 bridgehead atoms. The molecule has 0 aliphatic carbocycles. The van der Waals surface area contributed by atoms with E-state index in [0.29, 0.717) is 0 Å². The van der Waals surface area contributed by atoms with E-state index in [1.165, 1.54) is 12.1 Å². The van der Waals surface area contributed by atoms with Gasteiger partial charge in [-0.1, -0.05) is 23.2 Å². The third kappa shape index (κ3) is 2.65. The van der Waals surface area contributed by atoms with Crippen LogP contribution in [0.1, 0.15) is 0 Å². The van der Waals surface area contributed by atoms with Crippen LogP contribution in [0.15, 0.2) is 12.1 Å². The molecule has 0 saturated heterocycles. The highest BCUT2D eigenvalue weighted by Crippen LogP contribution is 2.37. The van der Waals surface area contributed by atoms with Crippen LogP contribution in [-0.4, -0.2) is 8.42 Å². The van der Waals surface area contributed by atoms with E-state index in [4.69, 9.17) is 28.9 Å². The number of halogens is 2. The van der Waals surface area contributed by atoms with Crippen LogP contribution in [0.25, 0.3) is 0 Å². The summed E-state index contributed by atoms with van der Waals surface area (Å²) in [6.07, 6.45) is 0. The maximum Gasteiger partial charge on any atom is 0.380 e. The molecule has 0 spiro atoms. The summed E-state index contributed by atoms with van der Waals surface area (Å²) in [6, 6.07) is 2.77. The first kappa shape index (κ1) is 11.4. The monoisotopic (exact) mass is 256 g/mol. The summed E-state index contributed by atoms with van der Waals surface area (Å²) in [5.74, 6) is -0.268. The summed E-state index contributed by atoms with van der Waals surface area (Å²) in [4.78, 5) is 0. The largest absolute Gasteiger partial charge is 0.397 e. The van der Waals surface area contributed by atoms with Crippen LogP contribution in [0.3, 0.4) is 0 Å². The lowest BCUT2D eigenvalue weighted by atomic mass is 10.3. The van der Waals surface area contributed by atoms with Crippen molar-refractivity contribution in [3.05, 3.63) is 22.2 Å². The minimum absolute atomic E-state index is 0.0122. The molecular formula is C6H6Cl2N2O3S. The molecule has 0 aliphatic rings. The summed E-state index contributed by atoms with van der Waals surface area (Å²) in [5, 5.41) is 4.57. The lowest BCUT2D eigenvalue weighted by Gasteiger charge is -2.08. The van der Waals surface area contributed by atoms with Gasteiger partial charge in [-0.3, -0.25) is 0 Å². The molecule has 14 heavy (non-hydrogen) atoms. The number of nitrogen functional groups attached to an aromatic ring is 1. The molecule has 0 atom stereocenters. The van der Waals surface area contributed by atoms with Crippen LogP contribution in [0.4, 0.5) is 5.69 Å². The molecule has 0 saturated carbocycles. The quantitative estimate of drug-likeness (QED) is 0.777. The molecule has 0 aromatic heterocycles. The molecule has 78 valence electrons. The molecule has 1 aromatic rings. The Bertz CT molecular complexity index is 460. The highest BCUT2D eigenvalue weighted by atomic mass is 35.5. The highest BCUT2D eigenvalue weighted by Gasteiger charge is 2.15. The summed E-state index contributed by atoms with van der Waals surface area (Å²) in [7, 11) is -4.16. The van der Waals surface area contributed by atoms with Crippen LogP contribution in [0, 0.1) is 0 Å². The van der Waals surface area contributed by atoms with Crippen LogP contribution < -0.4 is 15.1 Å². The van der Waals surface area contributed by atoms with E-state index < -0.39 is 10.3 Å². The molecule has 0 heterocycles. The Kier molecular flexibility index (Phi) is 3.10. The van der Waals surface area contributed by atoms with Crippen LogP contribution in [0.5, 0.6) is 5.75 Å². The van der Waals surface area contributed by atoms with Gasteiger partial charge in [-0.2, -0.15) is 13.6 Å². The topological polar surface area (TPSA) is 95.4 Å². The average molecular weight is 257 g/mol. The van der Waals surface area contributed by atoms with E-state index in [-0.39, 0.29) is 21.5 Å². The zero-order valence-electron chi connectivity index (χ0n) is 6.70. The van der Waals surface area contributed by atoms with Crippen molar-refractivity contribution < 1.29 is 12.6 Å². The number of benzene rings is 1. The minimum Gasteiger partial charge on any atom is -0.397 e. The Labute approximate surface area is 90.8 Å². The predicted molar refractivity (Wildman–Crippen MR) is 54.6 cm³/mol. The maximum absolute atomic E-state index is 10.6. The second-order valence-corrected chi connectivity index (χ2v) is 4.29. The Morgan fingerprint density at radius 1 is 1.29 bits per heavy atom. The molecule has 8 heteroatoms. The van der Waals surface area contributed by atoms with Crippen LogP contribution in [-0.2, 0) is 10.3 Å². The Morgan fingerprint density at radius 2 is 1.86 bits per heavy atom. The molecule has 1 rings (SSSR count). The summed E-state index contributed by atoms with van der Waals surface area (Å²) in [6.45, 7) is 0. The number of hydrogen-bond acceptors (Lipinski definition) is 4.